The highest BCUT2D eigenvalue weighted by Crippen LogP contribution is 2.48. The van der Waals surface area contributed by atoms with Crippen molar-refractivity contribution in [2.75, 3.05) is 55.6 Å². The molecule has 4 aliphatic heterocycles. The van der Waals surface area contributed by atoms with Crippen molar-refractivity contribution in [2.24, 2.45) is 17.8 Å². The fraction of sp³-hybridized carbons (Fsp3) is 0.545. The lowest BCUT2D eigenvalue weighted by molar-refractivity contribution is -0.136. The molecule has 0 unspecified atom stereocenters. The average molecular weight is 731 g/mol. The number of imide groups is 1. The number of carbonyl (C=O) groups is 3. The van der Waals surface area contributed by atoms with Crippen molar-refractivity contribution in [3.05, 3.63) is 82.7 Å². The van der Waals surface area contributed by atoms with E-state index >= 15 is 0 Å². The van der Waals surface area contributed by atoms with Gasteiger partial charge in [-0.2, -0.15) is 0 Å². The Morgan fingerprint density at radius 1 is 0.741 bits per heavy atom. The monoisotopic (exact) mass is 730 g/mol. The summed E-state index contributed by atoms with van der Waals surface area (Å²) in [4.78, 5) is 51.6. The molecule has 0 radical (unpaired) electrons. The number of nitrogens with zero attached hydrogens (tertiary/aromatic N) is 5. The number of carbonyl (C=O) groups excluding carboxylic acids is 3. The van der Waals surface area contributed by atoms with E-state index in [1.807, 2.05) is 24.3 Å². The summed E-state index contributed by atoms with van der Waals surface area (Å²) < 4.78 is 0. The Labute approximate surface area is 318 Å². The van der Waals surface area contributed by atoms with Crippen LogP contribution in [0.5, 0.6) is 5.75 Å². The zero-order valence-electron chi connectivity index (χ0n) is 31.4. The van der Waals surface area contributed by atoms with E-state index in [1.165, 1.54) is 73.9 Å². The van der Waals surface area contributed by atoms with Gasteiger partial charge in [-0.1, -0.05) is 38.2 Å². The van der Waals surface area contributed by atoms with Crippen LogP contribution in [0.3, 0.4) is 0 Å². The number of aromatic nitrogens is 1. The molecule has 9 rings (SSSR count). The Morgan fingerprint density at radius 2 is 1.52 bits per heavy atom. The van der Waals surface area contributed by atoms with Crippen LogP contribution in [-0.2, 0) is 22.6 Å². The fourth-order valence-electron chi connectivity index (χ4n) is 10.7. The second-order valence-electron chi connectivity index (χ2n) is 16.9. The molecule has 6 aliphatic rings. The van der Waals surface area contributed by atoms with Crippen LogP contribution in [0.2, 0.25) is 0 Å². The molecule has 3 aromatic rings. The van der Waals surface area contributed by atoms with E-state index in [0.717, 1.165) is 69.4 Å². The summed E-state index contributed by atoms with van der Waals surface area (Å²) in [7, 11) is 0. The molecule has 54 heavy (non-hydrogen) atoms. The second kappa shape index (κ2) is 15.0. The summed E-state index contributed by atoms with van der Waals surface area (Å²) in [6, 6.07) is 16.1. The number of rotatable bonds is 7. The fourth-order valence-corrected chi connectivity index (χ4v) is 10.7. The lowest BCUT2D eigenvalue weighted by Crippen LogP contribution is -2.52. The highest BCUT2D eigenvalue weighted by molar-refractivity contribution is 6.05. The first kappa shape index (κ1) is 35.3. The van der Waals surface area contributed by atoms with Gasteiger partial charge in [-0.05, 0) is 109 Å². The molecule has 2 aromatic carbocycles. The minimum atomic E-state index is -0.583. The van der Waals surface area contributed by atoms with Crippen LogP contribution in [-0.4, -0.2) is 89.5 Å². The van der Waals surface area contributed by atoms with Crippen LogP contribution in [0.15, 0.2) is 54.7 Å². The van der Waals surface area contributed by atoms with E-state index in [-0.39, 0.29) is 24.1 Å². The quantitative estimate of drug-likeness (QED) is 0.291. The van der Waals surface area contributed by atoms with Crippen molar-refractivity contribution in [1.82, 2.24) is 20.1 Å². The Hall–Kier alpha value is -4.44. The summed E-state index contributed by atoms with van der Waals surface area (Å²) in [5, 5.41) is 12.6. The third-order valence-corrected chi connectivity index (χ3v) is 13.7. The number of phenolic OH excluding ortho intramolecular Hbond substituents is 1. The van der Waals surface area contributed by atoms with Gasteiger partial charge in [0.15, 0.2) is 0 Å². The molecule has 1 saturated carbocycles. The SMILES string of the molecule is O=C1CC[C@H](N2Cc3cc(N4CCN(CC5CCN(c6ccc([C@@H]7c8ccc(O)cc8CC[C@@H]7C7CCCCC7)nc6)CC5)CC4)ccc3C2=O)C(=O)N1. The maximum absolute atomic E-state index is 13.2. The van der Waals surface area contributed by atoms with Crippen molar-refractivity contribution in [2.45, 2.75) is 89.1 Å². The van der Waals surface area contributed by atoms with Gasteiger partial charge in [-0.15, -0.1) is 0 Å². The molecule has 5 heterocycles. The van der Waals surface area contributed by atoms with Crippen LogP contribution >= 0.6 is 0 Å². The van der Waals surface area contributed by atoms with Crippen molar-refractivity contribution in [1.29, 1.82) is 0 Å². The van der Waals surface area contributed by atoms with Crippen LogP contribution in [0.4, 0.5) is 11.4 Å². The lowest BCUT2D eigenvalue weighted by atomic mass is 9.65. The molecule has 10 heteroatoms. The minimum absolute atomic E-state index is 0.119. The highest BCUT2D eigenvalue weighted by atomic mass is 16.3. The molecule has 2 aliphatic carbocycles. The molecule has 2 N–H and O–H groups in total. The number of aromatic hydroxyl groups is 1. The Morgan fingerprint density at radius 3 is 2.28 bits per heavy atom. The second-order valence-corrected chi connectivity index (χ2v) is 16.9. The van der Waals surface area contributed by atoms with Crippen LogP contribution in [0, 0.1) is 17.8 Å². The zero-order chi connectivity index (χ0) is 36.8. The number of piperazine rings is 1. The number of nitrogens with one attached hydrogen (secondary N) is 1. The minimum Gasteiger partial charge on any atom is -0.508 e. The molecular formula is C44H54N6O4. The normalized spacial score (nSPS) is 25.8. The summed E-state index contributed by atoms with van der Waals surface area (Å²) in [6.45, 7) is 7.62. The Balaban J connectivity index is 0.773. The van der Waals surface area contributed by atoms with E-state index in [0.29, 0.717) is 42.0 Å². The van der Waals surface area contributed by atoms with Gasteiger partial charge < -0.3 is 19.8 Å². The predicted octanol–water partition coefficient (Wildman–Crippen LogP) is 5.86. The number of piperidine rings is 2. The number of pyridine rings is 1. The van der Waals surface area contributed by atoms with Gasteiger partial charge >= 0.3 is 0 Å². The van der Waals surface area contributed by atoms with Crippen molar-refractivity contribution in [3.8, 4) is 5.75 Å². The van der Waals surface area contributed by atoms with Gasteiger partial charge in [-0.25, -0.2) is 0 Å². The molecular weight excluding hydrogens is 677 g/mol. The summed E-state index contributed by atoms with van der Waals surface area (Å²) in [5.41, 5.74) is 7.86. The molecule has 284 valence electrons. The number of aryl methyl sites for hydroxylation is 1. The smallest absolute Gasteiger partial charge is 0.255 e. The topological polar surface area (TPSA) is 109 Å². The third-order valence-electron chi connectivity index (χ3n) is 13.7. The highest BCUT2D eigenvalue weighted by Gasteiger charge is 2.40. The number of hydrogen-bond acceptors (Lipinski definition) is 8. The van der Waals surface area contributed by atoms with E-state index < -0.39 is 6.04 Å². The maximum atomic E-state index is 13.2. The van der Waals surface area contributed by atoms with Crippen LogP contribution in [0.1, 0.15) is 103 Å². The average Bonchev–Trinajstić information content (AvgIpc) is 3.53. The van der Waals surface area contributed by atoms with E-state index in [1.54, 1.807) is 4.90 Å². The van der Waals surface area contributed by atoms with E-state index in [9.17, 15) is 19.5 Å². The zero-order valence-corrected chi connectivity index (χ0v) is 31.4. The first-order valence-corrected chi connectivity index (χ1v) is 20.7. The summed E-state index contributed by atoms with van der Waals surface area (Å²) in [6.07, 6.45) is 14.1. The predicted molar refractivity (Wildman–Crippen MR) is 209 cm³/mol. The van der Waals surface area contributed by atoms with Gasteiger partial charge in [0.25, 0.3) is 5.91 Å². The van der Waals surface area contributed by atoms with Crippen LogP contribution in [0.25, 0.3) is 0 Å². The number of anilines is 2. The molecule has 3 saturated heterocycles. The molecule has 0 bridgehead atoms. The summed E-state index contributed by atoms with van der Waals surface area (Å²) >= 11 is 0. The molecule has 3 atom stereocenters. The van der Waals surface area contributed by atoms with Gasteiger partial charge in [0.1, 0.15) is 11.8 Å². The van der Waals surface area contributed by atoms with E-state index in [2.05, 4.69) is 50.5 Å². The standard InChI is InChI=1S/C44H54N6O4/c51-35-9-12-37-31(25-35)6-10-36(30-4-2-1-3-5-30)42(37)39-13-8-34(26-45-39)48-18-16-29(17-19-48)27-47-20-22-49(23-21-47)33-7-11-38-32(24-33)28-50(44(38)54)40-14-15-41(52)46-43(40)53/h7-9,11-13,24-26,29-30,36,40,42,51H,1-6,10,14-23,27-28H2,(H,46,52,53)/t36-,40+,42+/m1/s1. The first-order valence-electron chi connectivity index (χ1n) is 20.7. The Kier molecular flexibility index (Phi) is 9.80. The Bertz CT molecular complexity index is 1880. The number of phenols is 1. The number of amides is 3. The van der Waals surface area contributed by atoms with Crippen molar-refractivity contribution in [3.63, 3.8) is 0 Å². The molecule has 4 fully saturated rings. The molecule has 3 amide bonds. The molecule has 0 spiro atoms. The number of fused-ring (bicyclic) bond motifs is 2. The third kappa shape index (κ3) is 6.98. The van der Waals surface area contributed by atoms with Crippen LogP contribution < -0.4 is 15.1 Å². The van der Waals surface area contributed by atoms with Gasteiger partial charge in [0.2, 0.25) is 11.8 Å². The van der Waals surface area contributed by atoms with Gasteiger partial charge in [0, 0.05) is 81.6 Å². The van der Waals surface area contributed by atoms with Gasteiger partial charge in [-0.3, -0.25) is 29.6 Å². The summed E-state index contributed by atoms with van der Waals surface area (Å²) in [5.74, 6) is 2.00. The number of hydrogen-bond donors (Lipinski definition) is 2. The number of benzene rings is 2. The van der Waals surface area contributed by atoms with Gasteiger partial charge in [0.05, 0.1) is 11.9 Å². The van der Waals surface area contributed by atoms with Crippen molar-refractivity contribution < 1.29 is 19.5 Å². The largest absolute Gasteiger partial charge is 0.508 e. The first-order chi connectivity index (χ1) is 26.4. The van der Waals surface area contributed by atoms with Crippen molar-refractivity contribution >= 4 is 29.1 Å². The maximum Gasteiger partial charge on any atom is 0.255 e. The molecule has 1 aromatic heterocycles. The lowest BCUT2D eigenvalue weighted by Gasteiger charge is -2.41. The molecule has 10 nitrogen and oxygen atoms in total. The van der Waals surface area contributed by atoms with E-state index in [4.69, 9.17) is 4.98 Å².